The van der Waals surface area contributed by atoms with Crippen molar-refractivity contribution in [3.8, 4) is 0 Å². The van der Waals surface area contributed by atoms with Gasteiger partial charge in [-0.15, -0.1) is 11.8 Å². The summed E-state index contributed by atoms with van der Waals surface area (Å²) in [5.74, 6) is 2.22. The number of fused-ring (bicyclic) bond motifs is 2. The van der Waals surface area contributed by atoms with E-state index in [0.717, 1.165) is 31.6 Å². The highest BCUT2D eigenvalue weighted by molar-refractivity contribution is 8.00. The fourth-order valence-electron chi connectivity index (χ4n) is 3.73. The fourth-order valence-corrected chi connectivity index (χ4v) is 5.09. The number of carbonyl (C=O) groups is 1. The number of rotatable bonds is 1. The van der Waals surface area contributed by atoms with Crippen molar-refractivity contribution in [2.45, 2.75) is 44.0 Å². The smallest absolute Gasteiger partial charge is 0.135 e. The predicted octanol–water partition coefficient (Wildman–Crippen LogP) is 3.17. The minimum absolute atomic E-state index is 0.0446. The molecule has 1 aliphatic heterocycles. The van der Waals surface area contributed by atoms with Crippen LogP contribution >= 0.6 is 11.8 Å². The molecule has 0 bridgehead atoms. The zero-order valence-corrected chi connectivity index (χ0v) is 11.2. The second-order valence-electron chi connectivity index (χ2n) is 5.40. The van der Waals surface area contributed by atoms with Crippen LogP contribution in [-0.2, 0) is 9.53 Å². The van der Waals surface area contributed by atoms with E-state index in [-0.39, 0.29) is 10.9 Å². The van der Waals surface area contributed by atoms with Crippen LogP contribution in [0.15, 0.2) is 11.6 Å². The van der Waals surface area contributed by atoms with Gasteiger partial charge < -0.3 is 4.74 Å². The summed E-state index contributed by atoms with van der Waals surface area (Å²) in [7, 11) is 0. The van der Waals surface area contributed by atoms with E-state index in [4.69, 9.17) is 4.74 Å². The molecule has 2 fully saturated rings. The van der Waals surface area contributed by atoms with Crippen molar-refractivity contribution < 1.29 is 9.53 Å². The Morgan fingerprint density at radius 2 is 2.41 bits per heavy atom. The number of hydrogen-bond donors (Lipinski definition) is 0. The average molecular weight is 252 g/mol. The Hall–Kier alpha value is -0.280. The molecule has 3 aliphatic rings. The molecule has 1 saturated carbocycles. The Bertz CT molecular complexity index is 355. The van der Waals surface area contributed by atoms with Gasteiger partial charge in [-0.3, -0.25) is 4.79 Å². The lowest BCUT2D eigenvalue weighted by Gasteiger charge is -2.44. The first-order chi connectivity index (χ1) is 8.23. The van der Waals surface area contributed by atoms with Crippen LogP contribution in [0.4, 0.5) is 0 Å². The van der Waals surface area contributed by atoms with Crippen molar-refractivity contribution in [3.63, 3.8) is 0 Å². The summed E-state index contributed by atoms with van der Waals surface area (Å²) in [6, 6.07) is 0. The van der Waals surface area contributed by atoms with Gasteiger partial charge in [0.2, 0.25) is 0 Å². The number of allylic oxidation sites excluding steroid dienone is 1. The van der Waals surface area contributed by atoms with Crippen LogP contribution in [0.2, 0.25) is 0 Å². The maximum Gasteiger partial charge on any atom is 0.135 e. The highest BCUT2D eigenvalue weighted by Gasteiger charge is 2.48. The van der Waals surface area contributed by atoms with E-state index >= 15 is 0 Å². The summed E-state index contributed by atoms with van der Waals surface area (Å²) in [5.41, 5.74) is 1.46. The monoisotopic (exact) mass is 252 g/mol. The van der Waals surface area contributed by atoms with E-state index in [1.807, 2.05) is 11.8 Å². The molecule has 3 heteroatoms. The summed E-state index contributed by atoms with van der Waals surface area (Å²) in [6.45, 7) is 2.64. The minimum atomic E-state index is -0.0446. The molecule has 0 N–H and O–H groups in total. The number of carbonyl (C=O) groups excluding carboxylic acids is 1. The number of ether oxygens (including phenoxy) is 1. The highest BCUT2D eigenvalue weighted by atomic mass is 32.2. The normalized spacial score (nSPS) is 41.1. The number of hydrogen-bond acceptors (Lipinski definition) is 3. The summed E-state index contributed by atoms with van der Waals surface area (Å²) in [5, 5.41) is 0. The van der Waals surface area contributed by atoms with Crippen LogP contribution < -0.4 is 0 Å². The van der Waals surface area contributed by atoms with Gasteiger partial charge in [-0.05, 0) is 50.5 Å². The molecule has 0 radical (unpaired) electrons. The standard InChI is InChI=1S/C14H20O2S/c1-10(15)11-4-2-6-13-12(11)5-3-7-14(13)16-8-9-17-14/h6,11-12H,2-5,7-9H2,1H3/t11-,12+,14-/m1/s1. The van der Waals surface area contributed by atoms with Crippen molar-refractivity contribution in [1.29, 1.82) is 0 Å². The molecular weight excluding hydrogens is 232 g/mol. The Morgan fingerprint density at radius 3 is 3.12 bits per heavy atom. The molecule has 0 unspecified atom stereocenters. The maximum atomic E-state index is 11.8. The molecule has 0 aromatic heterocycles. The first kappa shape index (κ1) is 11.8. The Balaban J connectivity index is 1.92. The van der Waals surface area contributed by atoms with Crippen LogP contribution in [-0.4, -0.2) is 23.1 Å². The van der Waals surface area contributed by atoms with Gasteiger partial charge in [0.25, 0.3) is 0 Å². The molecule has 0 aromatic carbocycles. The van der Waals surface area contributed by atoms with E-state index in [0.29, 0.717) is 11.7 Å². The Morgan fingerprint density at radius 1 is 1.53 bits per heavy atom. The lowest BCUT2D eigenvalue weighted by molar-refractivity contribution is -0.123. The van der Waals surface area contributed by atoms with Crippen molar-refractivity contribution >= 4 is 17.5 Å². The Kier molecular flexibility index (Phi) is 3.07. The quantitative estimate of drug-likeness (QED) is 0.671. The van der Waals surface area contributed by atoms with Gasteiger partial charge in [0.15, 0.2) is 0 Å². The predicted molar refractivity (Wildman–Crippen MR) is 70.0 cm³/mol. The molecule has 3 rings (SSSR count). The van der Waals surface area contributed by atoms with E-state index in [2.05, 4.69) is 6.08 Å². The van der Waals surface area contributed by atoms with Crippen molar-refractivity contribution in [2.24, 2.45) is 11.8 Å². The molecule has 0 amide bonds. The molecule has 2 aliphatic carbocycles. The Labute approximate surface area is 107 Å². The number of Topliss-reactive ketones (excluding diaryl/α,β-unsaturated/α-hetero) is 1. The minimum Gasteiger partial charge on any atom is -0.360 e. The van der Waals surface area contributed by atoms with Gasteiger partial charge in [0.05, 0.1) is 6.61 Å². The van der Waals surface area contributed by atoms with E-state index in [9.17, 15) is 4.79 Å². The number of ketones is 1. The maximum absolute atomic E-state index is 11.8. The fraction of sp³-hybridized carbons (Fsp3) is 0.786. The molecule has 1 saturated heterocycles. The van der Waals surface area contributed by atoms with E-state index < -0.39 is 0 Å². The largest absolute Gasteiger partial charge is 0.360 e. The average Bonchev–Trinajstić information content (AvgIpc) is 2.78. The van der Waals surface area contributed by atoms with Crippen molar-refractivity contribution in [3.05, 3.63) is 11.6 Å². The molecule has 3 atom stereocenters. The highest BCUT2D eigenvalue weighted by Crippen LogP contribution is 2.54. The van der Waals surface area contributed by atoms with Crippen LogP contribution in [0.5, 0.6) is 0 Å². The van der Waals surface area contributed by atoms with E-state index in [1.165, 1.54) is 18.4 Å². The third kappa shape index (κ3) is 1.88. The molecule has 94 valence electrons. The third-order valence-electron chi connectivity index (χ3n) is 4.46. The zero-order chi connectivity index (χ0) is 11.9. The molecular formula is C14H20O2S. The molecule has 0 aromatic rings. The molecule has 1 heterocycles. The van der Waals surface area contributed by atoms with Gasteiger partial charge >= 0.3 is 0 Å². The molecule has 17 heavy (non-hydrogen) atoms. The van der Waals surface area contributed by atoms with Gasteiger partial charge in [-0.25, -0.2) is 0 Å². The summed E-state index contributed by atoms with van der Waals surface area (Å²) in [4.78, 5) is 11.7. The second-order valence-corrected chi connectivity index (χ2v) is 6.76. The van der Waals surface area contributed by atoms with Crippen molar-refractivity contribution in [1.82, 2.24) is 0 Å². The number of thioether (sulfide) groups is 1. The molecule has 2 nitrogen and oxygen atoms in total. The van der Waals surface area contributed by atoms with Crippen LogP contribution in [0.1, 0.15) is 39.0 Å². The first-order valence-electron chi connectivity index (χ1n) is 6.72. The van der Waals surface area contributed by atoms with Gasteiger partial charge in [0.1, 0.15) is 10.7 Å². The lowest BCUT2D eigenvalue weighted by atomic mass is 9.68. The zero-order valence-electron chi connectivity index (χ0n) is 10.4. The third-order valence-corrected chi connectivity index (χ3v) is 5.86. The SMILES string of the molecule is CC(=O)[C@H]1CCC=C2[C@H]1CCC[C@]21OCCS1. The lowest BCUT2D eigenvalue weighted by Crippen LogP contribution is -2.41. The first-order valence-corrected chi connectivity index (χ1v) is 7.70. The van der Waals surface area contributed by atoms with Gasteiger partial charge in [-0.1, -0.05) is 6.08 Å². The van der Waals surface area contributed by atoms with Gasteiger partial charge in [-0.2, -0.15) is 0 Å². The summed E-state index contributed by atoms with van der Waals surface area (Å²) < 4.78 is 6.06. The van der Waals surface area contributed by atoms with E-state index in [1.54, 1.807) is 6.92 Å². The van der Waals surface area contributed by atoms with Crippen molar-refractivity contribution in [2.75, 3.05) is 12.4 Å². The van der Waals surface area contributed by atoms with Crippen LogP contribution in [0, 0.1) is 11.8 Å². The summed E-state index contributed by atoms with van der Waals surface area (Å²) >= 11 is 1.96. The van der Waals surface area contributed by atoms with Crippen LogP contribution in [0.25, 0.3) is 0 Å². The van der Waals surface area contributed by atoms with Crippen LogP contribution in [0.3, 0.4) is 0 Å². The molecule has 1 spiro atoms. The summed E-state index contributed by atoms with van der Waals surface area (Å²) in [6.07, 6.45) is 8.01. The topological polar surface area (TPSA) is 26.3 Å². The second kappa shape index (κ2) is 4.43. The van der Waals surface area contributed by atoms with Gasteiger partial charge in [0, 0.05) is 11.7 Å².